The first-order valence-corrected chi connectivity index (χ1v) is 12.3. The first-order valence-electron chi connectivity index (χ1n) is 9.49. The molecule has 3 aromatic rings. The quantitative estimate of drug-likeness (QED) is 0.471. The van der Waals surface area contributed by atoms with E-state index in [9.17, 15) is 13.2 Å². The lowest BCUT2D eigenvalue weighted by molar-refractivity contribution is 0.0782. The summed E-state index contributed by atoms with van der Waals surface area (Å²) in [6.07, 6.45) is 2.49. The van der Waals surface area contributed by atoms with Crippen molar-refractivity contribution in [2.45, 2.75) is 17.7 Å². The number of hydrogen-bond acceptors (Lipinski definition) is 6. The Balaban J connectivity index is 1.47. The predicted octanol–water partition coefficient (Wildman–Crippen LogP) is 3.68. The van der Waals surface area contributed by atoms with Gasteiger partial charge in [0.15, 0.2) is 9.84 Å². The zero-order valence-corrected chi connectivity index (χ0v) is 18.6. The van der Waals surface area contributed by atoms with Crippen molar-refractivity contribution in [3.63, 3.8) is 0 Å². The summed E-state index contributed by atoms with van der Waals surface area (Å²) in [4.78, 5) is 18.9. The van der Waals surface area contributed by atoms with Crippen LogP contribution in [0.4, 0.5) is 0 Å². The summed E-state index contributed by atoms with van der Waals surface area (Å²) in [6.45, 7) is 0.886. The highest BCUT2D eigenvalue weighted by molar-refractivity contribution is 7.90. The van der Waals surface area contributed by atoms with E-state index < -0.39 is 9.84 Å². The summed E-state index contributed by atoms with van der Waals surface area (Å²) < 4.78 is 28.9. The Hall–Kier alpha value is -2.71. The maximum absolute atomic E-state index is 12.6. The third-order valence-electron chi connectivity index (χ3n) is 4.46. The number of aromatic nitrogens is 1. The molecule has 1 amide bonds. The van der Waals surface area contributed by atoms with Gasteiger partial charge in [-0.15, -0.1) is 11.3 Å². The van der Waals surface area contributed by atoms with Crippen molar-refractivity contribution < 1.29 is 17.9 Å². The second-order valence-corrected chi connectivity index (χ2v) is 9.92. The Morgan fingerprint density at radius 2 is 1.90 bits per heavy atom. The van der Waals surface area contributed by atoms with Gasteiger partial charge in [0.1, 0.15) is 11.4 Å². The number of sulfone groups is 1. The number of carbonyl (C=O) groups is 1. The van der Waals surface area contributed by atoms with Gasteiger partial charge < -0.3 is 9.64 Å². The number of hydrogen-bond donors (Lipinski definition) is 0. The number of amides is 1. The van der Waals surface area contributed by atoms with Crippen LogP contribution in [0.1, 0.15) is 27.5 Å². The SMILES string of the molecule is CN(CCCOc1cccc(S(C)(=O)=O)c1)C(=O)c1csc(Cc2ccccc2)n1. The molecule has 0 aliphatic heterocycles. The van der Waals surface area contributed by atoms with Gasteiger partial charge in [-0.1, -0.05) is 36.4 Å². The molecule has 0 spiro atoms. The van der Waals surface area contributed by atoms with Gasteiger partial charge >= 0.3 is 0 Å². The predicted molar refractivity (Wildman–Crippen MR) is 118 cm³/mol. The molecule has 8 heteroatoms. The van der Waals surface area contributed by atoms with Crippen molar-refractivity contribution >= 4 is 27.1 Å². The van der Waals surface area contributed by atoms with E-state index in [0.29, 0.717) is 37.4 Å². The average Bonchev–Trinajstić information content (AvgIpc) is 3.19. The first kappa shape index (κ1) is 22.0. The summed E-state index contributed by atoms with van der Waals surface area (Å²) in [7, 11) is -1.53. The van der Waals surface area contributed by atoms with Crippen LogP contribution < -0.4 is 4.74 Å². The third-order valence-corrected chi connectivity index (χ3v) is 6.42. The minimum atomic E-state index is -3.27. The smallest absolute Gasteiger partial charge is 0.273 e. The molecule has 0 radical (unpaired) electrons. The van der Waals surface area contributed by atoms with E-state index in [1.165, 1.54) is 23.5 Å². The molecule has 3 rings (SSSR count). The standard InChI is InChI=1S/C22H24N2O4S2/c1-24(12-7-13-28-18-10-6-11-19(15-18)30(2,26)27)22(25)20-16-29-21(23-20)14-17-8-4-3-5-9-17/h3-6,8-11,15-16H,7,12-14H2,1-2H3. The lowest BCUT2D eigenvalue weighted by atomic mass is 10.2. The van der Waals surface area contributed by atoms with Crippen molar-refractivity contribution in [2.24, 2.45) is 0 Å². The van der Waals surface area contributed by atoms with E-state index in [1.54, 1.807) is 29.5 Å². The Morgan fingerprint density at radius 3 is 2.63 bits per heavy atom. The van der Waals surface area contributed by atoms with E-state index in [4.69, 9.17) is 4.74 Å². The van der Waals surface area contributed by atoms with Crippen LogP contribution >= 0.6 is 11.3 Å². The van der Waals surface area contributed by atoms with E-state index in [0.717, 1.165) is 16.8 Å². The molecule has 0 N–H and O–H groups in total. The summed E-state index contributed by atoms with van der Waals surface area (Å²) in [5, 5.41) is 2.71. The molecule has 30 heavy (non-hydrogen) atoms. The van der Waals surface area contributed by atoms with E-state index in [1.807, 2.05) is 30.3 Å². The highest BCUT2D eigenvalue weighted by atomic mass is 32.2. The highest BCUT2D eigenvalue weighted by Crippen LogP contribution is 2.18. The zero-order valence-electron chi connectivity index (χ0n) is 16.9. The number of carbonyl (C=O) groups excluding carboxylic acids is 1. The number of nitrogens with zero attached hydrogens (tertiary/aromatic N) is 2. The number of rotatable bonds is 9. The van der Waals surface area contributed by atoms with Gasteiger partial charge in [0.25, 0.3) is 5.91 Å². The van der Waals surface area contributed by atoms with Crippen LogP contribution in [0.15, 0.2) is 64.9 Å². The van der Waals surface area contributed by atoms with Crippen molar-refractivity contribution in [3.8, 4) is 5.75 Å². The molecule has 1 heterocycles. The Morgan fingerprint density at radius 1 is 1.13 bits per heavy atom. The molecule has 6 nitrogen and oxygen atoms in total. The van der Waals surface area contributed by atoms with Crippen molar-refractivity contribution in [3.05, 3.63) is 76.2 Å². The minimum Gasteiger partial charge on any atom is -0.493 e. The van der Waals surface area contributed by atoms with Gasteiger partial charge in [0.2, 0.25) is 0 Å². The van der Waals surface area contributed by atoms with Crippen LogP contribution in [-0.2, 0) is 16.3 Å². The number of thiazole rings is 1. The normalized spacial score (nSPS) is 11.3. The molecular weight excluding hydrogens is 420 g/mol. The summed E-state index contributed by atoms with van der Waals surface area (Å²) in [6, 6.07) is 16.4. The fraction of sp³-hybridized carbons (Fsp3) is 0.273. The maximum atomic E-state index is 12.6. The highest BCUT2D eigenvalue weighted by Gasteiger charge is 2.15. The molecule has 2 aromatic carbocycles. The number of benzene rings is 2. The van der Waals surface area contributed by atoms with Crippen LogP contribution in [0.25, 0.3) is 0 Å². The Labute approximate surface area is 181 Å². The Bertz CT molecular complexity index is 1100. The van der Waals surface area contributed by atoms with Gasteiger partial charge in [0, 0.05) is 31.6 Å². The van der Waals surface area contributed by atoms with E-state index in [2.05, 4.69) is 4.98 Å². The number of ether oxygens (including phenoxy) is 1. The molecule has 0 atom stereocenters. The fourth-order valence-electron chi connectivity index (χ4n) is 2.84. The van der Waals surface area contributed by atoms with Gasteiger partial charge in [-0.2, -0.15) is 0 Å². The second-order valence-electron chi connectivity index (χ2n) is 6.96. The third kappa shape index (κ3) is 6.14. The monoisotopic (exact) mass is 444 g/mol. The molecule has 0 fully saturated rings. The summed E-state index contributed by atoms with van der Waals surface area (Å²) >= 11 is 1.49. The molecule has 0 unspecified atom stereocenters. The van der Waals surface area contributed by atoms with E-state index in [-0.39, 0.29) is 10.8 Å². The maximum Gasteiger partial charge on any atom is 0.273 e. The first-order chi connectivity index (χ1) is 14.3. The fourth-order valence-corrected chi connectivity index (χ4v) is 4.30. The summed E-state index contributed by atoms with van der Waals surface area (Å²) in [5.41, 5.74) is 1.62. The lowest BCUT2D eigenvalue weighted by Gasteiger charge is -2.16. The molecule has 158 valence electrons. The average molecular weight is 445 g/mol. The van der Waals surface area contributed by atoms with Crippen LogP contribution in [0.5, 0.6) is 5.75 Å². The van der Waals surface area contributed by atoms with Gasteiger partial charge in [-0.25, -0.2) is 13.4 Å². The van der Waals surface area contributed by atoms with Crippen LogP contribution in [0, 0.1) is 0 Å². The molecule has 0 aliphatic carbocycles. The molecule has 1 aromatic heterocycles. The van der Waals surface area contributed by atoms with Gasteiger partial charge in [0.05, 0.1) is 16.5 Å². The Kier molecular flexibility index (Phi) is 7.23. The topological polar surface area (TPSA) is 76.6 Å². The molecule has 0 aliphatic rings. The van der Waals surface area contributed by atoms with Crippen LogP contribution in [0.2, 0.25) is 0 Å². The molecule has 0 bridgehead atoms. The second kappa shape index (κ2) is 9.86. The minimum absolute atomic E-state index is 0.121. The van der Waals surface area contributed by atoms with Gasteiger partial charge in [-0.05, 0) is 30.2 Å². The zero-order chi connectivity index (χ0) is 21.6. The van der Waals surface area contributed by atoms with Crippen molar-refractivity contribution in [1.29, 1.82) is 0 Å². The van der Waals surface area contributed by atoms with Crippen molar-refractivity contribution in [2.75, 3.05) is 26.5 Å². The molecule has 0 saturated heterocycles. The largest absolute Gasteiger partial charge is 0.493 e. The molecular formula is C22H24N2O4S2. The van der Waals surface area contributed by atoms with E-state index >= 15 is 0 Å². The van der Waals surface area contributed by atoms with Gasteiger partial charge in [-0.3, -0.25) is 4.79 Å². The van der Waals surface area contributed by atoms with Crippen molar-refractivity contribution in [1.82, 2.24) is 9.88 Å². The lowest BCUT2D eigenvalue weighted by Crippen LogP contribution is -2.29. The van der Waals surface area contributed by atoms with Crippen LogP contribution in [0.3, 0.4) is 0 Å². The summed E-state index contributed by atoms with van der Waals surface area (Å²) in [5.74, 6) is 0.376. The van der Waals surface area contributed by atoms with Crippen LogP contribution in [-0.4, -0.2) is 50.7 Å². The molecule has 0 saturated carbocycles.